The summed E-state index contributed by atoms with van der Waals surface area (Å²) in [6.07, 6.45) is 2.07. The zero-order valence-electron chi connectivity index (χ0n) is 13.9. The van der Waals surface area contributed by atoms with Crippen LogP contribution in [0.4, 0.5) is 10.5 Å². The molecule has 2 amide bonds. The van der Waals surface area contributed by atoms with Crippen LogP contribution in [0.2, 0.25) is 0 Å². The monoisotopic (exact) mass is 319 g/mol. The van der Waals surface area contributed by atoms with Crippen molar-refractivity contribution in [3.63, 3.8) is 0 Å². The smallest absolute Gasteiger partial charge is 0.339 e. The van der Waals surface area contributed by atoms with Crippen LogP contribution in [0.5, 0.6) is 0 Å². The first-order valence-electron chi connectivity index (χ1n) is 8.12. The number of anilines is 1. The summed E-state index contributed by atoms with van der Waals surface area (Å²) in [7, 11) is 1.39. The molecule has 1 saturated heterocycles. The Hall–Kier alpha value is -2.24. The number of rotatable bonds is 5. The molecular formula is C17H25N3O3. The number of para-hydroxylation sites is 1. The normalized spacial score (nSPS) is 14.5. The topological polar surface area (TPSA) is 61.9 Å². The fraction of sp³-hybridized carbons (Fsp3) is 0.529. The van der Waals surface area contributed by atoms with Gasteiger partial charge < -0.3 is 19.9 Å². The fourth-order valence-corrected chi connectivity index (χ4v) is 2.67. The third-order valence-electron chi connectivity index (χ3n) is 4.02. The Morgan fingerprint density at radius 3 is 2.52 bits per heavy atom. The molecule has 0 radical (unpaired) electrons. The van der Waals surface area contributed by atoms with Crippen molar-refractivity contribution in [2.24, 2.45) is 0 Å². The second kappa shape index (κ2) is 8.41. The minimum absolute atomic E-state index is 0.000599. The number of nitrogens with one attached hydrogen (secondary N) is 1. The molecule has 1 aliphatic heterocycles. The number of carbonyl (C=O) groups is 2. The number of esters is 1. The van der Waals surface area contributed by atoms with Crippen molar-refractivity contribution in [3.05, 3.63) is 29.8 Å². The standard InChI is InChI=1S/C17H25N3O3/c1-3-4-9-18-17(22)20-12-10-19(11-13-20)15-8-6-5-7-14(15)16(21)23-2/h5-8H,3-4,9-13H2,1-2H3,(H,18,22). The predicted molar refractivity (Wildman–Crippen MR) is 89.9 cm³/mol. The highest BCUT2D eigenvalue weighted by Gasteiger charge is 2.23. The van der Waals surface area contributed by atoms with Gasteiger partial charge in [-0.1, -0.05) is 25.5 Å². The van der Waals surface area contributed by atoms with E-state index in [4.69, 9.17) is 4.74 Å². The van der Waals surface area contributed by atoms with Crippen LogP contribution >= 0.6 is 0 Å². The van der Waals surface area contributed by atoms with E-state index in [0.717, 1.165) is 25.1 Å². The van der Waals surface area contributed by atoms with Crippen LogP contribution < -0.4 is 10.2 Å². The molecule has 0 aliphatic carbocycles. The van der Waals surface area contributed by atoms with Crippen molar-refractivity contribution in [1.82, 2.24) is 10.2 Å². The minimum atomic E-state index is -0.333. The lowest BCUT2D eigenvalue weighted by molar-refractivity contribution is 0.0601. The lowest BCUT2D eigenvalue weighted by atomic mass is 10.1. The van der Waals surface area contributed by atoms with Gasteiger partial charge in [-0.15, -0.1) is 0 Å². The number of unbranched alkanes of at least 4 members (excludes halogenated alkanes) is 1. The van der Waals surface area contributed by atoms with Gasteiger partial charge in [0.15, 0.2) is 0 Å². The highest BCUT2D eigenvalue weighted by molar-refractivity contribution is 5.95. The maximum atomic E-state index is 12.1. The van der Waals surface area contributed by atoms with E-state index in [1.165, 1.54) is 7.11 Å². The van der Waals surface area contributed by atoms with Crippen LogP contribution in [0.25, 0.3) is 0 Å². The molecule has 0 spiro atoms. The largest absolute Gasteiger partial charge is 0.465 e. The Morgan fingerprint density at radius 2 is 1.87 bits per heavy atom. The molecule has 2 rings (SSSR count). The second-order valence-corrected chi connectivity index (χ2v) is 5.57. The van der Waals surface area contributed by atoms with E-state index < -0.39 is 0 Å². The Kier molecular flexibility index (Phi) is 6.26. The van der Waals surface area contributed by atoms with E-state index in [-0.39, 0.29) is 12.0 Å². The molecule has 0 aromatic heterocycles. The van der Waals surface area contributed by atoms with Crippen molar-refractivity contribution < 1.29 is 14.3 Å². The van der Waals surface area contributed by atoms with Crippen LogP contribution in [0, 0.1) is 0 Å². The van der Waals surface area contributed by atoms with Crippen molar-refractivity contribution >= 4 is 17.7 Å². The van der Waals surface area contributed by atoms with Crippen molar-refractivity contribution in [3.8, 4) is 0 Å². The number of hydrogen-bond donors (Lipinski definition) is 1. The average Bonchev–Trinajstić information content (AvgIpc) is 2.61. The average molecular weight is 319 g/mol. The summed E-state index contributed by atoms with van der Waals surface area (Å²) in [5.74, 6) is -0.333. The Morgan fingerprint density at radius 1 is 1.17 bits per heavy atom. The third-order valence-corrected chi connectivity index (χ3v) is 4.02. The summed E-state index contributed by atoms with van der Waals surface area (Å²) >= 11 is 0. The first-order valence-corrected chi connectivity index (χ1v) is 8.12. The van der Waals surface area contributed by atoms with E-state index in [2.05, 4.69) is 17.1 Å². The van der Waals surface area contributed by atoms with Crippen LogP contribution in [0.15, 0.2) is 24.3 Å². The molecule has 0 unspecified atom stereocenters. The Balaban J connectivity index is 1.94. The number of nitrogens with zero attached hydrogens (tertiary/aromatic N) is 2. The molecule has 1 fully saturated rings. The van der Waals surface area contributed by atoms with E-state index >= 15 is 0 Å². The molecule has 0 atom stereocenters. The molecular weight excluding hydrogens is 294 g/mol. The lowest BCUT2D eigenvalue weighted by Gasteiger charge is -2.36. The lowest BCUT2D eigenvalue weighted by Crippen LogP contribution is -2.52. The summed E-state index contributed by atoms with van der Waals surface area (Å²) in [5, 5.41) is 2.94. The summed E-state index contributed by atoms with van der Waals surface area (Å²) in [6.45, 7) is 5.52. The van der Waals surface area contributed by atoms with Gasteiger partial charge >= 0.3 is 12.0 Å². The van der Waals surface area contributed by atoms with Gasteiger partial charge in [0, 0.05) is 32.7 Å². The van der Waals surface area contributed by atoms with Crippen molar-refractivity contribution in [1.29, 1.82) is 0 Å². The zero-order chi connectivity index (χ0) is 16.7. The maximum Gasteiger partial charge on any atom is 0.339 e. The molecule has 126 valence electrons. The highest BCUT2D eigenvalue weighted by Crippen LogP contribution is 2.22. The number of piperazine rings is 1. The first kappa shape index (κ1) is 17.1. The molecule has 1 N–H and O–H groups in total. The van der Waals surface area contributed by atoms with Gasteiger partial charge in [0.25, 0.3) is 0 Å². The molecule has 1 aliphatic rings. The highest BCUT2D eigenvalue weighted by atomic mass is 16.5. The maximum absolute atomic E-state index is 12.1. The Labute approximate surface area is 137 Å². The molecule has 23 heavy (non-hydrogen) atoms. The summed E-state index contributed by atoms with van der Waals surface area (Å²) in [4.78, 5) is 27.9. The van der Waals surface area contributed by atoms with Gasteiger partial charge in [-0.25, -0.2) is 9.59 Å². The van der Waals surface area contributed by atoms with E-state index in [1.54, 1.807) is 6.07 Å². The summed E-state index contributed by atoms with van der Waals surface area (Å²) < 4.78 is 4.84. The van der Waals surface area contributed by atoms with Gasteiger partial charge in [-0.05, 0) is 18.6 Å². The zero-order valence-corrected chi connectivity index (χ0v) is 13.9. The number of urea groups is 1. The fourth-order valence-electron chi connectivity index (χ4n) is 2.67. The number of benzene rings is 1. The number of amides is 2. The van der Waals surface area contributed by atoms with E-state index in [0.29, 0.717) is 31.7 Å². The summed E-state index contributed by atoms with van der Waals surface area (Å²) in [5.41, 5.74) is 1.43. The third kappa shape index (κ3) is 4.37. The van der Waals surface area contributed by atoms with Crippen molar-refractivity contribution in [2.45, 2.75) is 19.8 Å². The quantitative estimate of drug-likeness (QED) is 0.667. The minimum Gasteiger partial charge on any atom is -0.465 e. The molecule has 1 aromatic carbocycles. The van der Waals surface area contributed by atoms with Gasteiger partial charge in [-0.2, -0.15) is 0 Å². The molecule has 6 heteroatoms. The molecule has 1 heterocycles. The second-order valence-electron chi connectivity index (χ2n) is 5.57. The van der Waals surface area contributed by atoms with Crippen LogP contribution in [-0.4, -0.2) is 56.7 Å². The van der Waals surface area contributed by atoms with Crippen molar-refractivity contribution in [2.75, 3.05) is 44.7 Å². The van der Waals surface area contributed by atoms with Crippen LogP contribution in [-0.2, 0) is 4.74 Å². The van der Waals surface area contributed by atoms with Gasteiger partial charge in [0.2, 0.25) is 0 Å². The van der Waals surface area contributed by atoms with Gasteiger partial charge in [-0.3, -0.25) is 0 Å². The number of ether oxygens (including phenoxy) is 1. The van der Waals surface area contributed by atoms with E-state index in [1.807, 2.05) is 23.1 Å². The predicted octanol–water partition coefficient (Wildman–Crippen LogP) is 2.10. The SMILES string of the molecule is CCCCNC(=O)N1CCN(c2ccccc2C(=O)OC)CC1. The molecule has 0 saturated carbocycles. The van der Waals surface area contributed by atoms with Crippen LogP contribution in [0.3, 0.4) is 0 Å². The number of carbonyl (C=O) groups excluding carboxylic acids is 2. The van der Waals surface area contributed by atoms with Gasteiger partial charge in [0.1, 0.15) is 0 Å². The molecule has 1 aromatic rings. The summed E-state index contributed by atoms with van der Waals surface area (Å²) in [6, 6.07) is 7.42. The number of hydrogen-bond acceptors (Lipinski definition) is 4. The molecule has 0 bridgehead atoms. The first-order chi connectivity index (χ1) is 11.2. The van der Waals surface area contributed by atoms with Gasteiger partial charge in [0.05, 0.1) is 18.4 Å². The molecule has 6 nitrogen and oxygen atoms in total. The Bertz CT molecular complexity index is 540. The number of methoxy groups -OCH3 is 1. The van der Waals surface area contributed by atoms with Crippen LogP contribution in [0.1, 0.15) is 30.1 Å². The van der Waals surface area contributed by atoms with E-state index in [9.17, 15) is 9.59 Å².